The Morgan fingerprint density at radius 1 is 0.944 bits per heavy atom. The highest BCUT2D eigenvalue weighted by Crippen LogP contribution is 2.44. The van der Waals surface area contributed by atoms with Crippen LogP contribution in [-0.2, 0) is 0 Å². The topological polar surface area (TPSA) is 26.0 Å². The number of hydrogen-bond donors (Lipinski definition) is 1. The lowest BCUT2D eigenvalue weighted by atomic mass is 9.65. The first-order chi connectivity index (χ1) is 8.72. The van der Waals surface area contributed by atoms with Gasteiger partial charge in [-0.15, -0.1) is 0 Å². The van der Waals surface area contributed by atoms with E-state index in [9.17, 15) is 0 Å². The highest BCUT2D eigenvalue weighted by atomic mass is 14.6. The number of hydrogen-bond acceptors (Lipinski definition) is 1. The molecule has 0 aliphatic heterocycles. The van der Waals surface area contributed by atoms with Gasteiger partial charge in [0.15, 0.2) is 0 Å². The lowest BCUT2D eigenvalue weighted by Gasteiger charge is -2.41. The first kappa shape index (κ1) is 14.4. The first-order valence-corrected chi connectivity index (χ1v) is 8.42. The van der Waals surface area contributed by atoms with E-state index in [-0.39, 0.29) is 0 Å². The number of rotatable bonds is 3. The zero-order valence-electron chi connectivity index (χ0n) is 12.5. The maximum Gasteiger partial charge on any atom is -0.00461 e. The van der Waals surface area contributed by atoms with Crippen molar-refractivity contribution in [3.63, 3.8) is 0 Å². The van der Waals surface area contributed by atoms with Gasteiger partial charge in [-0.2, -0.15) is 0 Å². The monoisotopic (exact) mass is 251 g/mol. The smallest absolute Gasteiger partial charge is 0.00461 e. The van der Waals surface area contributed by atoms with Crippen LogP contribution in [0.5, 0.6) is 0 Å². The first-order valence-electron chi connectivity index (χ1n) is 8.42. The maximum absolute atomic E-state index is 6.06. The Bertz CT molecular complexity index is 228. The van der Waals surface area contributed by atoms with Crippen molar-refractivity contribution in [1.29, 1.82) is 0 Å². The van der Waals surface area contributed by atoms with Crippen LogP contribution in [0.25, 0.3) is 0 Å². The quantitative estimate of drug-likeness (QED) is 0.729. The zero-order chi connectivity index (χ0) is 13.0. The Morgan fingerprint density at radius 2 is 1.61 bits per heavy atom. The molecule has 2 fully saturated rings. The SMILES string of the molecule is CC(C)C1CCC(CN)C(C2CCCCCC2)C1. The minimum absolute atomic E-state index is 0.836. The van der Waals surface area contributed by atoms with E-state index in [4.69, 9.17) is 5.73 Å². The second-order valence-electron chi connectivity index (χ2n) is 7.23. The van der Waals surface area contributed by atoms with Gasteiger partial charge in [0, 0.05) is 0 Å². The van der Waals surface area contributed by atoms with Gasteiger partial charge in [0.2, 0.25) is 0 Å². The zero-order valence-corrected chi connectivity index (χ0v) is 12.5. The summed E-state index contributed by atoms with van der Waals surface area (Å²) in [6, 6.07) is 0. The van der Waals surface area contributed by atoms with Crippen LogP contribution in [0.3, 0.4) is 0 Å². The molecule has 0 aromatic heterocycles. The summed E-state index contributed by atoms with van der Waals surface area (Å²) in [6.45, 7) is 5.77. The normalized spacial score (nSPS) is 35.7. The van der Waals surface area contributed by atoms with Crippen molar-refractivity contribution in [3.8, 4) is 0 Å². The van der Waals surface area contributed by atoms with Gasteiger partial charge in [-0.3, -0.25) is 0 Å². The largest absolute Gasteiger partial charge is 0.330 e. The predicted molar refractivity (Wildman–Crippen MR) is 79.4 cm³/mol. The van der Waals surface area contributed by atoms with Gasteiger partial charge in [0.05, 0.1) is 0 Å². The summed E-state index contributed by atoms with van der Waals surface area (Å²) < 4.78 is 0. The van der Waals surface area contributed by atoms with Crippen molar-refractivity contribution in [3.05, 3.63) is 0 Å². The van der Waals surface area contributed by atoms with Crippen molar-refractivity contribution in [2.45, 2.75) is 71.6 Å². The van der Waals surface area contributed by atoms with Gasteiger partial charge in [0.25, 0.3) is 0 Å². The third-order valence-corrected chi connectivity index (χ3v) is 5.84. The van der Waals surface area contributed by atoms with Crippen LogP contribution in [0.2, 0.25) is 0 Å². The van der Waals surface area contributed by atoms with Crippen molar-refractivity contribution >= 4 is 0 Å². The summed E-state index contributed by atoms with van der Waals surface area (Å²) in [6.07, 6.45) is 13.2. The second-order valence-corrected chi connectivity index (χ2v) is 7.23. The lowest BCUT2D eigenvalue weighted by molar-refractivity contribution is 0.0945. The van der Waals surface area contributed by atoms with Crippen LogP contribution in [0.1, 0.15) is 71.6 Å². The summed E-state index contributed by atoms with van der Waals surface area (Å²) in [4.78, 5) is 0. The molecule has 0 radical (unpaired) electrons. The van der Waals surface area contributed by atoms with Crippen LogP contribution in [0.15, 0.2) is 0 Å². The molecule has 2 aliphatic carbocycles. The fourth-order valence-corrected chi connectivity index (χ4v) is 4.52. The molecule has 2 saturated carbocycles. The van der Waals surface area contributed by atoms with Crippen molar-refractivity contribution < 1.29 is 0 Å². The second kappa shape index (κ2) is 6.93. The fraction of sp³-hybridized carbons (Fsp3) is 1.00. The molecular weight excluding hydrogens is 218 g/mol. The molecule has 0 amide bonds. The molecule has 1 nitrogen and oxygen atoms in total. The molecule has 3 atom stereocenters. The van der Waals surface area contributed by atoms with Crippen molar-refractivity contribution in [2.75, 3.05) is 6.54 Å². The minimum atomic E-state index is 0.836. The molecule has 2 aliphatic rings. The van der Waals surface area contributed by atoms with Gasteiger partial charge in [0.1, 0.15) is 0 Å². The van der Waals surface area contributed by atoms with Gasteiger partial charge in [-0.05, 0) is 55.4 Å². The Balaban J connectivity index is 2.00. The van der Waals surface area contributed by atoms with E-state index in [0.29, 0.717) is 0 Å². The predicted octanol–water partition coefficient (Wildman–Crippen LogP) is 4.60. The average Bonchev–Trinajstić information content (AvgIpc) is 2.66. The molecule has 0 spiro atoms. The van der Waals surface area contributed by atoms with E-state index in [1.54, 1.807) is 0 Å². The van der Waals surface area contributed by atoms with Gasteiger partial charge in [-0.1, -0.05) is 52.4 Å². The van der Waals surface area contributed by atoms with Crippen LogP contribution in [0, 0.1) is 29.6 Å². The average molecular weight is 251 g/mol. The molecule has 1 heteroatoms. The Labute approximate surface area is 114 Å². The third kappa shape index (κ3) is 3.50. The Morgan fingerprint density at radius 3 is 2.17 bits per heavy atom. The fourth-order valence-electron chi connectivity index (χ4n) is 4.52. The molecular formula is C17H33N. The van der Waals surface area contributed by atoms with Crippen LogP contribution < -0.4 is 5.73 Å². The molecule has 0 saturated heterocycles. The standard InChI is InChI=1S/C17H33N/c1-13(2)15-9-10-16(12-18)17(11-15)14-7-5-3-4-6-8-14/h13-17H,3-12,18H2,1-2H3. The molecule has 2 N–H and O–H groups in total. The molecule has 0 aromatic rings. The van der Waals surface area contributed by atoms with Crippen LogP contribution >= 0.6 is 0 Å². The summed E-state index contributed by atoms with van der Waals surface area (Å²) in [5.74, 6) is 4.64. The summed E-state index contributed by atoms with van der Waals surface area (Å²) in [5, 5.41) is 0. The molecule has 0 aromatic carbocycles. The summed E-state index contributed by atoms with van der Waals surface area (Å²) in [7, 11) is 0. The molecule has 0 heterocycles. The molecule has 106 valence electrons. The van der Waals surface area contributed by atoms with E-state index in [2.05, 4.69) is 13.8 Å². The molecule has 3 unspecified atom stereocenters. The van der Waals surface area contributed by atoms with E-state index in [1.165, 1.54) is 57.8 Å². The molecule has 18 heavy (non-hydrogen) atoms. The summed E-state index contributed by atoms with van der Waals surface area (Å²) >= 11 is 0. The van der Waals surface area contributed by atoms with E-state index in [1.807, 2.05) is 0 Å². The lowest BCUT2D eigenvalue weighted by Crippen LogP contribution is -2.36. The highest BCUT2D eigenvalue weighted by Gasteiger charge is 2.35. The van der Waals surface area contributed by atoms with Crippen molar-refractivity contribution in [1.82, 2.24) is 0 Å². The highest BCUT2D eigenvalue weighted by molar-refractivity contribution is 4.86. The molecule has 2 rings (SSSR count). The number of nitrogens with two attached hydrogens (primary N) is 1. The third-order valence-electron chi connectivity index (χ3n) is 5.84. The van der Waals surface area contributed by atoms with E-state index in [0.717, 1.165) is 36.1 Å². The summed E-state index contributed by atoms with van der Waals surface area (Å²) in [5.41, 5.74) is 6.06. The van der Waals surface area contributed by atoms with Gasteiger partial charge in [-0.25, -0.2) is 0 Å². The van der Waals surface area contributed by atoms with Gasteiger partial charge >= 0.3 is 0 Å². The minimum Gasteiger partial charge on any atom is -0.330 e. The van der Waals surface area contributed by atoms with Crippen molar-refractivity contribution in [2.24, 2.45) is 35.3 Å². The Hall–Kier alpha value is -0.0400. The van der Waals surface area contributed by atoms with E-state index >= 15 is 0 Å². The van der Waals surface area contributed by atoms with Crippen LogP contribution in [0.4, 0.5) is 0 Å². The maximum atomic E-state index is 6.06. The van der Waals surface area contributed by atoms with Gasteiger partial charge < -0.3 is 5.73 Å². The molecule has 0 bridgehead atoms. The van der Waals surface area contributed by atoms with E-state index < -0.39 is 0 Å². The van der Waals surface area contributed by atoms with Crippen LogP contribution in [-0.4, -0.2) is 6.54 Å². The Kier molecular flexibility index (Phi) is 5.54.